The Morgan fingerprint density at radius 3 is 2.59 bits per heavy atom. The molecule has 2 aliphatic heterocycles. The van der Waals surface area contributed by atoms with Crippen molar-refractivity contribution in [2.45, 2.75) is 31.0 Å². The lowest BCUT2D eigenvalue weighted by Crippen LogP contribution is -2.51. The molecule has 0 N–H and O–H groups in total. The van der Waals surface area contributed by atoms with Crippen molar-refractivity contribution in [2.75, 3.05) is 31.9 Å². The van der Waals surface area contributed by atoms with Gasteiger partial charge in [0.05, 0.1) is 5.75 Å². The molecule has 0 unspecified atom stereocenters. The van der Waals surface area contributed by atoms with E-state index in [-0.39, 0.29) is 17.6 Å². The Bertz CT molecular complexity index is 816. The Morgan fingerprint density at radius 1 is 1.11 bits per heavy atom. The van der Waals surface area contributed by atoms with Gasteiger partial charge in [0.2, 0.25) is 11.1 Å². The minimum absolute atomic E-state index is 0.0348. The summed E-state index contributed by atoms with van der Waals surface area (Å²) in [6.45, 7) is 3.03. The summed E-state index contributed by atoms with van der Waals surface area (Å²) in [5.41, 5.74) is 1.67. The number of amides is 2. The summed E-state index contributed by atoms with van der Waals surface area (Å²) in [5, 5.41) is 16.2. The average Bonchev–Trinajstić information content (AvgIpc) is 3.31. The van der Waals surface area contributed by atoms with Crippen LogP contribution >= 0.6 is 11.8 Å². The number of hydrogen-bond donors (Lipinski definition) is 0. The van der Waals surface area contributed by atoms with Crippen LogP contribution in [0.4, 0.5) is 0 Å². The van der Waals surface area contributed by atoms with Gasteiger partial charge in [0, 0.05) is 45.5 Å². The first kappa shape index (κ1) is 18.0. The summed E-state index contributed by atoms with van der Waals surface area (Å²) >= 11 is 1.32. The van der Waals surface area contributed by atoms with E-state index in [1.807, 2.05) is 10.7 Å². The molecular weight excluding hydrogens is 368 g/mol. The maximum absolute atomic E-state index is 12.7. The normalized spacial score (nSPS) is 17.1. The summed E-state index contributed by atoms with van der Waals surface area (Å²) in [4.78, 5) is 28.7. The number of aromatic nitrogens is 6. The first-order valence-electron chi connectivity index (χ1n) is 9.11. The van der Waals surface area contributed by atoms with Crippen LogP contribution in [-0.2, 0) is 24.8 Å². The van der Waals surface area contributed by atoms with Gasteiger partial charge in [-0.1, -0.05) is 11.8 Å². The highest BCUT2D eigenvalue weighted by Gasteiger charge is 2.27. The molecule has 2 aromatic rings. The number of nitrogens with zero attached hydrogens (tertiary/aromatic N) is 8. The number of carbonyl (C=O) groups is 2. The Labute approximate surface area is 160 Å². The van der Waals surface area contributed by atoms with Gasteiger partial charge in [-0.15, -0.1) is 5.10 Å². The molecule has 0 saturated carbocycles. The first-order chi connectivity index (χ1) is 13.1. The summed E-state index contributed by atoms with van der Waals surface area (Å²) in [5.74, 6) is 0.284. The van der Waals surface area contributed by atoms with Crippen molar-refractivity contribution in [3.05, 3.63) is 17.5 Å². The van der Waals surface area contributed by atoms with Crippen LogP contribution in [0.2, 0.25) is 0 Å². The highest BCUT2D eigenvalue weighted by atomic mass is 32.2. The maximum atomic E-state index is 12.7. The van der Waals surface area contributed by atoms with Gasteiger partial charge in [0.1, 0.15) is 0 Å². The van der Waals surface area contributed by atoms with E-state index >= 15 is 0 Å². The van der Waals surface area contributed by atoms with Gasteiger partial charge in [-0.05, 0) is 35.8 Å². The van der Waals surface area contributed by atoms with Crippen molar-refractivity contribution in [1.82, 2.24) is 39.8 Å². The van der Waals surface area contributed by atoms with Gasteiger partial charge in [-0.3, -0.25) is 14.3 Å². The molecular formula is C16H22N8O2S. The zero-order valence-corrected chi connectivity index (χ0v) is 16.1. The summed E-state index contributed by atoms with van der Waals surface area (Å²) in [6.07, 6.45) is 3.26. The number of thioether (sulfide) groups is 1. The van der Waals surface area contributed by atoms with Crippen molar-refractivity contribution in [3.63, 3.8) is 0 Å². The van der Waals surface area contributed by atoms with Gasteiger partial charge >= 0.3 is 0 Å². The average molecular weight is 390 g/mol. The first-order valence-corrected chi connectivity index (χ1v) is 10.1. The van der Waals surface area contributed by atoms with Crippen LogP contribution in [0.3, 0.4) is 0 Å². The van der Waals surface area contributed by atoms with E-state index in [9.17, 15) is 9.59 Å². The quantitative estimate of drug-likeness (QED) is 0.667. The Kier molecular flexibility index (Phi) is 5.10. The van der Waals surface area contributed by atoms with Crippen molar-refractivity contribution in [2.24, 2.45) is 7.05 Å². The predicted molar refractivity (Wildman–Crippen MR) is 97.2 cm³/mol. The fourth-order valence-corrected chi connectivity index (χ4v) is 4.16. The van der Waals surface area contributed by atoms with E-state index in [1.165, 1.54) is 11.8 Å². The second-order valence-corrected chi connectivity index (χ2v) is 7.69. The zero-order valence-electron chi connectivity index (χ0n) is 15.2. The van der Waals surface area contributed by atoms with Crippen molar-refractivity contribution < 1.29 is 9.59 Å². The van der Waals surface area contributed by atoms with Gasteiger partial charge < -0.3 is 9.80 Å². The van der Waals surface area contributed by atoms with E-state index in [0.717, 1.165) is 31.5 Å². The molecule has 0 aliphatic carbocycles. The number of aryl methyl sites for hydroxylation is 3. The molecule has 0 radical (unpaired) electrons. The monoisotopic (exact) mass is 390 g/mol. The van der Waals surface area contributed by atoms with Gasteiger partial charge in [0.15, 0.2) is 5.69 Å². The molecule has 0 spiro atoms. The van der Waals surface area contributed by atoms with Crippen LogP contribution in [0.1, 0.15) is 29.0 Å². The largest absolute Gasteiger partial charge is 0.338 e. The van der Waals surface area contributed by atoms with Crippen LogP contribution in [0.5, 0.6) is 0 Å². The lowest BCUT2D eigenvalue weighted by Gasteiger charge is -2.34. The highest BCUT2D eigenvalue weighted by Crippen LogP contribution is 2.18. The third-order valence-electron chi connectivity index (χ3n) is 4.96. The Morgan fingerprint density at radius 2 is 1.89 bits per heavy atom. The standard InChI is InChI=1S/C16H22N8O2S/c1-21-16(17-19-20-21)27-11-14(25)22-6-8-23(9-7-22)15(26)13-10-12-4-2-3-5-24(12)18-13/h10H,2-9,11H2,1H3. The number of rotatable bonds is 4. The molecule has 0 aromatic carbocycles. The van der Waals surface area contributed by atoms with Crippen LogP contribution < -0.4 is 0 Å². The minimum atomic E-state index is -0.0384. The minimum Gasteiger partial charge on any atom is -0.338 e. The lowest BCUT2D eigenvalue weighted by atomic mass is 10.1. The van der Waals surface area contributed by atoms with Crippen molar-refractivity contribution in [1.29, 1.82) is 0 Å². The number of hydrogen-bond acceptors (Lipinski definition) is 7. The number of piperazine rings is 1. The molecule has 27 heavy (non-hydrogen) atoms. The molecule has 10 nitrogen and oxygen atoms in total. The van der Waals surface area contributed by atoms with E-state index in [4.69, 9.17) is 0 Å². The fraction of sp³-hybridized carbons (Fsp3) is 0.625. The van der Waals surface area contributed by atoms with Crippen LogP contribution in [-0.4, -0.2) is 83.5 Å². The summed E-state index contributed by atoms with van der Waals surface area (Å²) < 4.78 is 3.49. The lowest BCUT2D eigenvalue weighted by molar-refractivity contribution is -0.129. The molecule has 2 amide bonds. The van der Waals surface area contributed by atoms with Crippen molar-refractivity contribution >= 4 is 23.6 Å². The van der Waals surface area contributed by atoms with E-state index < -0.39 is 0 Å². The molecule has 2 aromatic heterocycles. The van der Waals surface area contributed by atoms with Gasteiger partial charge in [0.25, 0.3) is 5.91 Å². The van der Waals surface area contributed by atoms with E-state index in [1.54, 1.807) is 21.5 Å². The number of carbonyl (C=O) groups excluding carboxylic acids is 2. The second-order valence-electron chi connectivity index (χ2n) is 6.75. The van der Waals surface area contributed by atoms with Gasteiger partial charge in [-0.2, -0.15) is 5.10 Å². The SMILES string of the molecule is Cn1nnnc1SCC(=O)N1CCN(C(=O)c2cc3n(n2)CCCC3)CC1. The maximum Gasteiger partial charge on any atom is 0.274 e. The fourth-order valence-electron chi connectivity index (χ4n) is 3.40. The summed E-state index contributed by atoms with van der Waals surface area (Å²) in [7, 11) is 1.74. The highest BCUT2D eigenvalue weighted by molar-refractivity contribution is 7.99. The zero-order chi connectivity index (χ0) is 18.8. The molecule has 0 atom stereocenters. The number of tetrazole rings is 1. The molecule has 2 aliphatic rings. The van der Waals surface area contributed by atoms with Crippen LogP contribution in [0, 0.1) is 0 Å². The molecule has 1 fully saturated rings. The molecule has 4 rings (SSSR count). The van der Waals surface area contributed by atoms with Crippen LogP contribution in [0.25, 0.3) is 0 Å². The molecule has 0 bridgehead atoms. The molecule has 11 heteroatoms. The molecule has 4 heterocycles. The smallest absolute Gasteiger partial charge is 0.274 e. The number of fused-ring (bicyclic) bond motifs is 1. The topological polar surface area (TPSA) is 102 Å². The van der Waals surface area contributed by atoms with Crippen LogP contribution in [0.15, 0.2) is 11.2 Å². The third-order valence-corrected chi connectivity index (χ3v) is 5.96. The Balaban J connectivity index is 1.29. The van der Waals surface area contributed by atoms with Gasteiger partial charge in [-0.25, -0.2) is 4.68 Å². The Hall–Kier alpha value is -2.43. The second kappa shape index (κ2) is 7.67. The molecule has 1 saturated heterocycles. The molecule has 144 valence electrons. The predicted octanol–water partition coefficient (Wildman–Crippen LogP) is -0.180. The van der Waals surface area contributed by atoms with E-state index in [2.05, 4.69) is 20.6 Å². The van der Waals surface area contributed by atoms with E-state index in [0.29, 0.717) is 37.0 Å². The third kappa shape index (κ3) is 3.82. The van der Waals surface area contributed by atoms with Crippen molar-refractivity contribution in [3.8, 4) is 0 Å². The summed E-state index contributed by atoms with van der Waals surface area (Å²) in [6, 6.07) is 1.92.